The molecule has 0 aromatic rings. The summed E-state index contributed by atoms with van der Waals surface area (Å²) in [5.74, 6) is -0.910. The van der Waals surface area contributed by atoms with Crippen molar-refractivity contribution in [2.24, 2.45) is 0 Å². The van der Waals surface area contributed by atoms with Crippen LogP contribution in [0, 0.1) is 0 Å². The highest BCUT2D eigenvalue weighted by atomic mass is 31.2. The van der Waals surface area contributed by atoms with Crippen molar-refractivity contribution in [3.8, 4) is 0 Å². The third-order valence-corrected chi connectivity index (χ3v) is 12.4. The number of phosphoric ester groups is 1. The summed E-state index contributed by atoms with van der Waals surface area (Å²) < 4.78 is 59.7. The Balaban J connectivity index is 4.48. The first kappa shape index (κ1) is 65.2. The van der Waals surface area contributed by atoms with Crippen LogP contribution in [0.2, 0.25) is 0 Å². The zero-order chi connectivity index (χ0) is 49.0. The number of carbonyl (C=O) groups excluding carboxylic acids is 3. The quantitative estimate of drug-likeness (QED) is 0.0254. The van der Waals surface area contributed by atoms with Gasteiger partial charge in [-0.15, -0.1) is 0 Å². The molecule has 1 amide bonds. The second-order valence-corrected chi connectivity index (χ2v) is 19.1. The van der Waals surface area contributed by atoms with Gasteiger partial charge in [-0.05, 0) is 12.8 Å². The van der Waals surface area contributed by atoms with Gasteiger partial charge in [0.05, 0.1) is 59.5 Å². The number of ether oxygens (including phenoxy) is 7. The van der Waals surface area contributed by atoms with E-state index < -0.39 is 38.6 Å². The fourth-order valence-corrected chi connectivity index (χ4v) is 8.11. The Morgan fingerprint density at radius 1 is 0.448 bits per heavy atom. The monoisotopic (exact) mass is 982 g/mol. The SMILES string of the molecule is CCCCCCCCCCCCCCCCCC(=O)OC[C@H](COP(=O)(O)OCCNC(=O)OCCOCCOCCOCCOC)OC(=O)CCCCCCCCCCCCCCCCC. The van der Waals surface area contributed by atoms with E-state index in [-0.39, 0.29) is 45.8 Å². The third kappa shape index (κ3) is 51.8. The lowest BCUT2D eigenvalue weighted by molar-refractivity contribution is -0.161. The molecule has 0 radical (unpaired) electrons. The van der Waals surface area contributed by atoms with E-state index in [0.29, 0.717) is 52.5 Å². The van der Waals surface area contributed by atoms with Crippen LogP contribution in [0.25, 0.3) is 0 Å². The summed E-state index contributed by atoms with van der Waals surface area (Å²) in [4.78, 5) is 47.7. The van der Waals surface area contributed by atoms with Crippen LogP contribution in [0.4, 0.5) is 4.79 Å². The van der Waals surface area contributed by atoms with Gasteiger partial charge in [0.25, 0.3) is 0 Å². The molecule has 0 aromatic carbocycles. The fourth-order valence-electron chi connectivity index (χ4n) is 7.36. The van der Waals surface area contributed by atoms with Crippen molar-refractivity contribution >= 4 is 25.9 Å². The van der Waals surface area contributed by atoms with E-state index >= 15 is 0 Å². The van der Waals surface area contributed by atoms with Gasteiger partial charge in [0, 0.05) is 26.5 Å². The van der Waals surface area contributed by atoms with Crippen LogP contribution >= 0.6 is 7.82 Å². The molecule has 398 valence electrons. The molecule has 15 nitrogen and oxygen atoms in total. The molecule has 0 aliphatic heterocycles. The lowest BCUT2D eigenvalue weighted by Crippen LogP contribution is -2.30. The van der Waals surface area contributed by atoms with Gasteiger partial charge in [-0.2, -0.15) is 0 Å². The molecule has 67 heavy (non-hydrogen) atoms. The Labute approximate surface area is 407 Å². The van der Waals surface area contributed by atoms with E-state index in [4.69, 9.17) is 42.2 Å². The molecule has 0 spiro atoms. The number of methoxy groups -OCH3 is 1. The number of esters is 2. The summed E-state index contributed by atoms with van der Waals surface area (Å²) in [5.41, 5.74) is 0. The van der Waals surface area contributed by atoms with Gasteiger partial charge < -0.3 is 43.4 Å². The summed E-state index contributed by atoms with van der Waals surface area (Å²) in [7, 11) is -3.01. The highest BCUT2D eigenvalue weighted by Gasteiger charge is 2.26. The van der Waals surface area contributed by atoms with Gasteiger partial charge in [0.1, 0.15) is 13.2 Å². The Kier molecular flexibility index (Phi) is 50.6. The molecule has 1 unspecified atom stereocenters. The lowest BCUT2D eigenvalue weighted by atomic mass is 10.0. The van der Waals surface area contributed by atoms with Crippen molar-refractivity contribution in [2.45, 2.75) is 225 Å². The number of nitrogens with one attached hydrogen (secondary N) is 1. The van der Waals surface area contributed by atoms with Crippen LogP contribution in [0.5, 0.6) is 0 Å². The molecule has 0 aromatic heterocycles. The predicted octanol–water partition coefficient (Wildman–Crippen LogP) is 12.5. The molecule has 0 heterocycles. The number of unbranched alkanes of at least 4 members (excludes halogenated alkanes) is 28. The smallest absolute Gasteiger partial charge is 0.462 e. The molecule has 0 rings (SSSR count). The highest BCUT2D eigenvalue weighted by molar-refractivity contribution is 7.47. The Morgan fingerprint density at radius 2 is 0.821 bits per heavy atom. The third-order valence-electron chi connectivity index (χ3n) is 11.4. The van der Waals surface area contributed by atoms with Gasteiger partial charge >= 0.3 is 25.9 Å². The molecular formula is C51H100NO14P. The van der Waals surface area contributed by atoms with E-state index in [1.807, 2.05) is 0 Å². The van der Waals surface area contributed by atoms with Crippen LogP contribution in [0.15, 0.2) is 0 Å². The Morgan fingerprint density at radius 3 is 1.24 bits per heavy atom. The average molecular weight is 982 g/mol. The van der Waals surface area contributed by atoms with Gasteiger partial charge in [-0.3, -0.25) is 18.6 Å². The maximum Gasteiger partial charge on any atom is 0.472 e. The maximum atomic E-state index is 12.8. The molecule has 0 aliphatic rings. The minimum atomic E-state index is -4.62. The average Bonchev–Trinajstić information content (AvgIpc) is 3.31. The van der Waals surface area contributed by atoms with Gasteiger partial charge in [-0.1, -0.05) is 194 Å². The molecule has 16 heteroatoms. The van der Waals surface area contributed by atoms with Gasteiger partial charge in [0.2, 0.25) is 0 Å². The number of amides is 1. The van der Waals surface area contributed by atoms with Crippen LogP contribution in [-0.2, 0) is 56.4 Å². The number of rotatable bonds is 54. The maximum absolute atomic E-state index is 12.8. The Bertz CT molecular complexity index is 1140. The fraction of sp³-hybridized carbons (Fsp3) is 0.941. The van der Waals surface area contributed by atoms with Crippen LogP contribution < -0.4 is 5.32 Å². The summed E-state index contributed by atoms with van der Waals surface area (Å²) in [6.07, 6.45) is 35.2. The second-order valence-electron chi connectivity index (χ2n) is 17.7. The standard InChI is InChI=1S/C51H100NO14P/c1-4-6-8-10-12-14-16-18-20-22-24-26-28-30-32-34-49(53)63-46-48(66-50(54)35-33-31-29-27-25-23-21-19-17-15-13-11-9-7-5-2)47-65-67(56,57)64-37-36-52-51(55)62-45-44-61-43-42-60-41-40-59-39-38-58-3/h48H,4-47H2,1-3H3,(H,52,55)(H,56,57)/t48-/m1/s1. The predicted molar refractivity (Wildman–Crippen MR) is 265 cm³/mol. The number of hydrogen-bond acceptors (Lipinski definition) is 13. The van der Waals surface area contributed by atoms with Crippen LogP contribution in [0.1, 0.15) is 219 Å². The zero-order valence-corrected chi connectivity index (χ0v) is 43.8. The molecule has 2 atom stereocenters. The van der Waals surface area contributed by atoms with Crippen molar-refractivity contribution in [2.75, 3.05) is 86.3 Å². The van der Waals surface area contributed by atoms with E-state index in [9.17, 15) is 23.8 Å². The summed E-state index contributed by atoms with van der Waals surface area (Å²) in [5, 5.41) is 2.42. The van der Waals surface area contributed by atoms with E-state index in [0.717, 1.165) is 38.5 Å². The second kappa shape index (κ2) is 52.0. The van der Waals surface area contributed by atoms with Crippen LogP contribution in [-0.4, -0.2) is 115 Å². The van der Waals surface area contributed by atoms with Crippen LogP contribution in [0.3, 0.4) is 0 Å². The Hall–Kier alpha value is -1.84. The van der Waals surface area contributed by atoms with E-state index in [1.54, 1.807) is 7.11 Å². The van der Waals surface area contributed by atoms with Crippen molar-refractivity contribution in [1.82, 2.24) is 5.32 Å². The minimum absolute atomic E-state index is 0.00196. The number of hydrogen-bond donors (Lipinski definition) is 2. The summed E-state index contributed by atoms with van der Waals surface area (Å²) in [6, 6.07) is 0. The van der Waals surface area contributed by atoms with E-state index in [1.165, 1.54) is 141 Å². The van der Waals surface area contributed by atoms with Crippen molar-refractivity contribution < 1.29 is 66.0 Å². The first-order chi connectivity index (χ1) is 32.7. The molecule has 0 aliphatic carbocycles. The number of alkyl carbamates (subject to hydrolysis) is 1. The molecule has 0 bridgehead atoms. The normalized spacial score (nSPS) is 12.8. The van der Waals surface area contributed by atoms with Crippen molar-refractivity contribution in [1.29, 1.82) is 0 Å². The zero-order valence-electron chi connectivity index (χ0n) is 42.9. The molecule has 2 N–H and O–H groups in total. The van der Waals surface area contributed by atoms with Gasteiger partial charge in [0.15, 0.2) is 6.10 Å². The summed E-state index contributed by atoms with van der Waals surface area (Å²) in [6.45, 7) is 5.96. The molecule has 0 saturated heterocycles. The summed E-state index contributed by atoms with van der Waals surface area (Å²) >= 11 is 0. The lowest BCUT2D eigenvalue weighted by Gasteiger charge is -2.20. The highest BCUT2D eigenvalue weighted by Crippen LogP contribution is 2.43. The van der Waals surface area contributed by atoms with Crippen molar-refractivity contribution in [3.63, 3.8) is 0 Å². The molecular weight excluding hydrogens is 882 g/mol. The number of carbonyl (C=O) groups is 3. The molecule has 0 saturated carbocycles. The minimum Gasteiger partial charge on any atom is -0.462 e. The molecule has 0 fully saturated rings. The van der Waals surface area contributed by atoms with Gasteiger partial charge in [-0.25, -0.2) is 9.36 Å². The topological polar surface area (TPSA) is 184 Å². The van der Waals surface area contributed by atoms with Crippen molar-refractivity contribution in [3.05, 3.63) is 0 Å². The largest absolute Gasteiger partial charge is 0.472 e. The first-order valence-corrected chi connectivity index (χ1v) is 28.3. The first-order valence-electron chi connectivity index (χ1n) is 26.8. The number of phosphoric acid groups is 1. The van der Waals surface area contributed by atoms with E-state index in [2.05, 4.69) is 19.2 Å².